The lowest BCUT2D eigenvalue weighted by atomic mass is 10.0. The molecule has 0 heterocycles. The maximum atomic E-state index is 13.1. The standard InChI is InChI=1S/C17H21BrF3NO4/c1-5-25-14(23)9-13(22-15(24)26-16(2,3)4)10-6-11(17(19,20)21)8-12(18)7-10/h6-8,13H,5,9H2,1-4H3,(H,22,24)/t13-/m0/s1. The van der Waals surface area contributed by atoms with E-state index in [-0.39, 0.29) is 23.1 Å². The average molecular weight is 440 g/mol. The first-order valence-corrected chi connectivity index (χ1v) is 8.64. The molecule has 0 saturated heterocycles. The Morgan fingerprint density at radius 1 is 1.19 bits per heavy atom. The quantitative estimate of drug-likeness (QED) is 0.656. The molecule has 0 aliphatic rings. The van der Waals surface area contributed by atoms with Gasteiger partial charge in [0.25, 0.3) is 0 Å². The molecule has 0 aromatic heterocycles. The third-order valence-corrected chi connectivity index (χ3v) is 3.47. The lowest BCUT2D eigenvalue weighted by molar-refractivity contribution is -0.143. The topological polar surface area (TPSA) is 64.6 Å². The highest BCUT2D eigenvalue weighted by molar-refractivity contribution is 9.10. The lowest BCUT2D eigenvalue weighted by Gasteiger charge is -2.24. The van der Waals surface area contributed by atoms with Gasteiger partial charge in [-0.05, 0) is 51.5 Å². The molecule has 1 amide bonds. The molecule has 1 aromatic rings. The van der Waals surface area contributed by atoms with Gasteiger partial charge in [0.15, 0.2) is 0 Å². The van der Waals surface area contributed by atoms with E-state index < -0.39 is 35.4 Å². The van der Waals surface area contributed by atoms with Crippen LogP contribution < -0.4 is 5.32 Å². The molecule has 9 heteroatoms. The van der Waals surface area contributed by atoms with Gasteiger partial charge in [-0.25, -0.2) is 4.79 Å². The molecule has 1 N–H and O–H groups in total. The first-order valence-electron chi connectivity index (χ1n) is 7.84. The Bertz CT molecular complexity index is 656. The van der Waals surface area contributed by atoms with E-state index >= 15 is 0 Å². The second-order valence-corrected chi connectivity index (χ2v) is 7.39. The molecule has 146 valence electrons. The number of hydrogen-bond donors (Lipinski definition) is 1. The minimum atomic E-state index is -4.57. The smallest absolute Gasteiger partial charge is 0.416 e. The summed E-state index contributed by atoms with van der Waals surface area (Å²) in [5, 5.41) is 2.43. The van der Waals surface area contributed by atoms with Crippen LogP contribution >= 0.6 is 15.9 Å². The number of amides is 1. The summed E-state index contributed by atoms with van der Waals surface area (Å²) in [6, 6.07) is 2.16. The summed E-state index contributed by atoms with van der Waals surface area (Å²) in [4.78, 5) is 23.8. The van der Waals surface area contributed by atoms with Gasteiger partial charge < -0.3 is 14.8 Å². The van der Waals surface area contributed by atoms with Crippen LogP contribution in [0.25, 0.3) is 0 Å². The monoisotopic (exact) mass is 439 g/mol. The van der Waals surface area contributed by atoms with E-state index in [2.05, 4.69) is 21.2 Å². The van der Waals surface area contributed by atoms with E-state index in [1.807, 2.05) is 0 Å². The normalized spacial score (nSPS) is 13.1. The predicted octanol–water partition coefficient (Wildman–Crippen LogP) is 4.99. The molecular weight excluding hydrogens is 419 g/mol. The summed E-state index contributed by atoms with van der Waals surface area (Å²) in [6.07, 6.45) is -5.75. The fourth-order valence-electron chi connectivity index (χ4n) is 2.07. The third kappa shape index (κ3) is 7.63. The van der Waals surface area contributed by atoms with Crippen LogP contribution in [0.2, 0.25) is 0 Å². The Kier molecular flexibility index (Phi) is 7.49. The lowest BCUT2D eigenvalue weighted by Crippen LogP contribution is -2.36. The number of esters is 1. The number of nitrogens with one attached hydrogen (secondary N) is 1. The zero-order valence-electron chi connectivity index (χ0n) is 14.9. The molecular formula is C17H21BrF3NO4. The highest BCUT2D eigenvalue weighted by Gasteiger charge is 2.32. The van der Waals surface area contributed by atoms with Crippen molar-refractivity contribution in [1.29, 1.82) is 0 Å². The first-order chi connectivity index (χ1) is 11.8. The van der Waals surface area contributed by atoms with Gasteiger partial charge in [-0.15, -0.1) is 0 Å². The summed E-state index contributed by atoms with van der Waals surface area (Å²) in [5.41, 5.74) is -1.60. The van der Waals surface area contributed by atoms with E-state index in [1.54, 1.807) is 27.7 Å². The maximum Gasteiger partial charge on any atom is 0.416 e. The second-order valence-electron chi connectivity index (χ2n) is 6.48. The molecule has 0 aliphatic carbocycles. The van der Waals surface area contributed by atoms with Crippen LogP contribution in [0.15, 0.2) is 22.7 Å². The first kappa shape index (κ1) is 22.3. The maximum absolute atomic E-state index is 13.1. The molecule has 1 aromatic carbocycles. The second kappa shape index (κ2) is 8.75. The van der Waals surface area contributed by atoms with Gasteiger partial charge in [0.2, 0.25) is 0 Å². The van der Waals surface area contributed by atoms with Crippen molar-refractivity contribution in [1.82, 2.24) is 5.32 Å². The number of ether oxygens (including phenoxy) is 2. The molecule has 0 saturated carbocycles. The number of carbonyl (C=O) groups excluding carboxylic acids is 2. The van der Waals surface area contributed by atoms with Crippen molar-refractivity contribution in [2.24, 2.45) is 0 Å². The van der Waals surface area contributed by atoms with Gasteiger partial charge in [0, 0.05) is 4.47 Å². The highest BCUT2D eigenvalue weighted by atomic mass is 79.9. The number of rotatable bonds is 5. The SMILES string of the molecule is CCOC(=O)C[C@H](NC(=O)OC(C)(C)C)c1cc(Br)cc(C(F)(F)F)c1. The van der Waals surface area contributed by atoms with Crippen LogP contribution in [-0.2, 0) is 20.4 Å². The minimum Gasteiger partial charge on any atom is -0.466 e. The largest absolute Gasteiger partial charge is 0.466 e. The molecule has 0 aliphatic heterocycles. The summed E-state index contributed by atoms with van der Waals surface area (Å²) in [6.45, 7) is 6.66. The van der Waals surface area contributed by atoms with E-state index in [1.165, 1.54) is 6.07 Å². The van der Waals surface area contributed by atoms with E-state index in [4.69, 9.17) is 9.47 Å². The van der Waals surface area contributed by atoms with E-state index in [0.29, 0.717) is 0 Å². The average Bonchev–Trinajstić information content (AvgIpc) is 2.43. The Morgan fingerprint density at radius 3 is 2.31 bits per heavy atom. The van der Waals surface area contributed by atoms with Crippen molar-refractivity contribution in [2.75, 3.05) is 6.61 Å². The summed E-state index contributed by atoms with van der Waals surface area (Å²) in [5.74, 6) is -0.651. The van der Waals surface area contributed by atoms with Crippen LogP contribution in [0.4, 0.5) is 18.0 Å². The molecule has 1 atom stereocenters. The van der Waals surface area contributed by atoms with E-state index in [0.717, 1.165) is 12.1 Å². The van der Waals surface area contributed by atoms with Crippen molar-refractivity contribution in [3.63, 3.8) is 0 Å². The molecule has 0 spiro atoms. The van der Waals surface area contributed by atoms with Crippen molar-refractivity contribution in [3.05, 3.63) is 33.8 Å². The molecule has 0 bridgehead atoms. The Hall–Kier alpha value is -1.77. The molecule has 26 heavy (non-hydrogen) atoms. The van der Waals surface area contributed by atoms with Crippen LogP contribution in [0.5, 0.6) is 0 Å². The van der Waals surface area contributed by atoms with Gasteiger partial charge >= 0.3 is 18.2 Å². The zero-order valence-corrected chi connectivity index (χ0v) is 16.5. The number of alkyl carbamates (subject to hydrolysis) is 1. The van der Waals surface area contributed by atoms with E-state index in [9.17, 15) is 22.8 Å². The number of alkyl halides is 3. The molecule has 1 rings (SSSR count). The Labute approximate surface area is 158 Å². The predicted molar refractivity (Wildman–Crippen MR) is 92.5 cm³/mol. The molecule has 0 fully saturated rings. The zero-order chi connectivity index (χ0) is 20.1. The fraction of sp³-hybridized carbons (Fsp3) is 0.529. The van der Waals surface area contributed by atoms with Crippen molar-refractivity contribution in [2.45, 2.75) is 51.9 Å². The number of hydrogen-bond acceptors (Lipinski definition) is 4. The summed E-state index contributed by atoms with van der Waals surface area (Å²) < 4.78 is 49.3. The van der Waals surface area contributed by atoms with Gasteiger partial charge in [0.1, 0.15) is 5.60 Å². The van der Waals surface area contributed by atoms with Crippen LogP contribution in [0.3, 0.4) is 0 Å². The van der Waals surface area contributed by atoms with Crippen LogP contribution in [-0.4, -0.2) is 24.3 Å². The van der Waals surface area contributed by atoms with Gasteiger partial charge in [-0.1, -0.05) is 15.9 Å². The minimum absolute atomic E-state index is 0.102. The molecule has 0 radical (unpaired) electrons. The Balaban J connectivity index is 3.17. The van der Waals surface area contributed by atoms with Gasteiger partial charge in [-0.3, -0.25) is 4.79 Å². The third-order valence-electron chi connectivity index (χ3n) is 3.02. The fourth-order valence-corrected chi connectivity index (χ4v) is 2.58. The highest BCUT2D eigenvalue weighted by Crippen LogP contribution is 2.34. The van der Waals surface area contributed by atoms with Crippen LogP contribution in [0.1, 0.15) is 51.3 Å². The Morgan fingerprint density at radius 2 is 1.81 bits per heavy atom. The van der Waals surface area contributed by atoms with Crippen molar-refractivity contribution >= 4 is 28.0 Å². The molecule has 0 unspecified atom stereocenters. The van der Waals surface area contributed by atoms with Gasteiger partial charge in [-0.2, -0.15) is 13.2 Å². The van der Waals surface area contributed by atoms with Crippen molar-refractivity contribution in [3.8, 4) is 0 Å². The number of benzene rings is 1. The van der Waals surface area contributed by atoms with Crippen molar-refractivity contribution < 1.29 is 32.2 Å². The van der Waals surface area contributed by atoms with Crippen LogP contribution in [0, 0.1) is 0 Å². The molecule has 5 nitrogen and oxygen atoms in total. The summed E-state index contributed by atoms with van der Waals surface area (Å²) >= 11 is 3.03. The van der Waals surface area contributed by atoms with Gasteiger partial charge in [0.05, 0.1) is 24.6 Å². The number of halogens is 4. The number of carbonyl (C=O) groups is 2. The summed E-state index contributed by atoms with van der Waals surface area (Å²) in [7, 11) is 0.